The lowest BCUT2D eigenvalue weighted by atomic mass is 9.91. The minimum atomic E-state index is -0.507. The summed E-state index contributed by atoms with van der Waals surface area (Å²) < 4.78 is 5.26. The molecule has 1 unspecified atom stereocenters. The van der Waals surface area contributed by atoms with Gasteiger partial charge < -0.3 is 20.3 Å². The van der Waals surface area contributed by atoms with Gasteiger partial charge in [-0.05, 0) is 43.4 Å². The highest BCUT2D eigenvalue weighted by molar-refractivity contribution is 5.95. The topological polar surface area (TPSA) is 70.7 Å². The fraction of sp³-hybridized carbons (Fsp3) is 0.500. The molecular formula is C20H27N3O3. The number of allylic oxidation sites excluding steroid dienone is 1. The van der Waals surface area contributed by atoms with Crippen molar-refractivity contribution < 1.29 is 14.3 Å². The number of carbonyl (C=O) groups excluding carboxylic acids is 2. The number of ether oxygens (including phenoxy) is 1. The van der Waals surface area contributed by atoms with E-state index in [0.717, 1.165) is 18.7 Å². The molecule has 2 aliphatic rings. The van der Waals surface area contributed by atoms with E-state index in [4.69, 9.17) is 4.74 Å². The highest BCUT2D eigenvalue weighted by Crippen LogP contribution is 2.32. The molecule has 0 saturated carbocycles. The zero-order chi connectivity index (χ0) is 18.7. The molecule has 0 aromatic heterocycles. The number of hydrogen-bond donors (Lipinski definition) is 2. The summed E-state index contributed by atoms with van der Waals surface area (Å²) in [6.07, 6.45) is 2.44. The summed E-state index contributed by atoms with van der Waals surface area (Å²) in [6.45, 7) is 8.13. The highest BCUT2D eigenvalue weighted by atomic mass is 16.5. The summed E-state index contributed by atoms with van der Waals surface area (Å²) in [7, 11) is 0. The molecule has 0 bridgehead atoms. The van der Waals surface area contributed by atoms with Crippen molar-refractivity contribution in [3.05, 3.63) is 41.1 Å². The van der Waals surface area contributed by atoms with Gasteiger partial charge in [-0.3, -0.25) is 0 Å². The molecule has 0 spiro atoms. The normalized spacial score (nSPS) is 20.2. The van der Waals surface area contributed by atoms with Crippen LogP contribution in [0.2, 0.25) is 0 Å². The second-order valence-corrected chi connectivity index (χ2v) is 7.02. The van der Waals surface area contributed by atoms with Crippen LogP contribution in [0.15, 0.2) is 35.5 Å². The molecule has 6 heteroatoms. The van der Waals surface area contributed by atoms with E-state index in [1.54, 1.807) is 6.92 Å². The Morgan fingerprint density at radius 2 is 1.88 bits per heavy atom. The van der Waals surface area contributed by atoms with E-state index >= 15 is 0 Å². The van der Waals surface area contributed by atoms with Crippen molar-refractivity contribution in [2.24, 2.45) is 5.92 Å². The quantitative estimate of drug-likeness (QED) is 0.795. The molecule has 2 heterocycles. The van der Waals surface area contributed by atoms with Crippen molar-refractivity contribution in [3.8, 4) is 0 Å². The highest BCUT2D eigenvalue weighted by Gasteiger charge is 2.34. The van der Waals surface area contributed by atoms with Crippen LogP contribution in [0.25, 0.3) is 0 Å². The average molecular weight is 357 g/mol. The number of anilines is 1. The second kappa shape index (κ2) is 7.81. The first-order chi connectivity index (χ1) is 12.5. The van der Waals surface area contributed by atoms with Gasteiger partial charge in [0, 0.05) is 24.5 Å². The fourth-order valence-corrected chi connectivity index (χ4v) is 3.58. The zero-order valence-corrected chi connectivity index (χ0v) is 15.7. The first kappa shape index (κ1) is 18.3. The molecule has 2 aliphatic heterocycles. The van der Waals surface area contributed by atoms with E-state index in [-0.39, 0.29) is 11.9 Å². The number of rotatable bonds is 5. The summed E-state index contributed by atoms with van der Waals surface area (Å²) in [4.78, 5) is 27.1. The molecule has 2 amide bonds. The first-order valence-corrected chi connectivity index (χ1v) is 9.34. The molecule has 1 aromatic rings. The zero-order valence-electron chi connectivity index (χ0n) is 15.7. The van der Waals surface area contributed by atoms with E-state index < -0.39 is 12.0 Å². The third-order valence-corrected chi connectivity index (χ3v) is 4.87. The van der Waals surface area contributed by atoms with E-state index in [9.17, 15) is 9.59 Å². The maximum Gasteiger partial charge on any atom is 0.338 e. The largest absolute Gasteiger partial charge is 0.463 e. The smallest absolute Gasteiger partial charge is 0.338 e. The van der Waals surface area contributed by atoms with Gasteiger partial charge >= 0.3 is 12.0 Å². The van der Waals surface area contributed by atoms with E-state index in [1.807, 2.05) is 26.0 Å². The molecule has 140 valence electrons. The van der Waals surface area contributed by atoms with Gasteiger partial charge in [-0.15, -0.1) is 0 Å². The van der Waals surface area contributed by atoms with Crippen molar-refractivity contribution in [2.45, 2.75) is 39.7 Å². The Bertz CT molecular complexity index is 704. The van der Waals surface area contributed by atoms with Crippen LogP contribution in [-0.2, 0) is 9.53 Å². The summed E-state index contributed by atoms with van der Waals surface area (Å²) in [5, 5.41) is 5.66. The molecule has 26 heavy (non-hydrogen) atoms. The van der Waals surface area contributed by atoms with Gasteiger partial charge in [0.2, 0.25) is 0 Å². The number of esters is 1. The Morgan fingerprint density at radius 1 is 1.23 bits per heavy atom. The third-order valence-electron chi connectivity index (χ3n) is 4.87. The maximum atomic E-state index is 12.6. The number of nitrogens with zero attached hydrogens (tertiary/aromatic N) is 1. The number of benzene rings is 1. The van der Waals surface area contributed by atoms with Crippen LogP contribution in [0, 0.1) is 5.92 Å². The SMILES string of the molecule is CCOC(=O)C1=C(C(C)C)NC(=O)NC1c1ccc(N2CCCC2)cc1. The number of nitrogens with one attached hydrogen (secondary N) is 2. The van der Waals surface area contributed by atoms with Gasteiger partial charge in [-0.25, -0.2) is 9.59 Å². The molecule has 2 N–H and O–H groups in total. The molecule has 1 fully saturated rings. The minimum Gasteiger partial charge on any atom is -0.463 e. The predicted octanol–water partition coefficient (Wildman–Crippen LogP) is 3.11. The van der Waals surface area contributed by atoms with Gasteiger partial charge in [0.15, 0.2) is 0 Å². The summed E-state index contributed by atoms with van der Waals surface area (Å²) in [6, 6.07) is 7.30. The van der Waals surface area contributed by atoms with Crippen LogP contribution in [0.3, 0.4) is 0 Å². The molecule has 0 aliphatic carbocycles. The van der Waals surface area contributed by atoms with Crippen molar-refractivity contribution in [2.75, 3.05) is 24.6 Å². The number of amides is 2. The van der Waals surface area contributed by atoms with Gasteiger partial charge in [0.1, 0.15) is 0 Å². The lowest BCUT2D eigenvalue weighted by molar-refractivity contribution is -0.139. The van der Waals surface area contributed by atoms with Crippen molar-refractivity contribution in [1.82, 2.24) is 10.6 Å². The predicted molar refractivity (Wildman–Crippen MR) is 101 cm³/mol. The number of hydrogen-bond acceptors (Lipinski definition) is 4. The lowest BCUT2D eigenvalue weighted by Crippen LogP contribution is -2.47. The van der Waals surface area contributed by atoms with E-state index in [1.165, 1.54) is 18.5 Å². The third kappa shape index (κ3) is 3.69. The summed E-state index contributed by atoms with van der Waals surface area (Å²) in [5.41, 5.74) is 3.16. The molecule has 1 atom stereocenters. The molecular weight excluding hydrogens is 330 g/mol. The van der Waals surface area contributed by atoms with E-state index in [2.05, 4.69) is 27.7 Å². The molecule has 1 aromatic carbocycles. The van der Waals surface area contributed by atoms with Crippen molar-refractivity contribution >= 4 is 17.7 Å². The van der Waals surface area contributed by atoms with Crippen LogP contribution >= 0.6 is 0 Å². The number of carbonyl (C=O) groups is 2. The lowest BCUT2D eigenvalue weighted by Gasteiger charge is -2.31. The fourth-order valence-electron chi connectivity index (χ4n) is 3.58. The Morgan fingerprint density at radius 3 is 2.46 bits per heavy atom. The molecule has 0 radical (unpaired) electrons. The summed E-state index contributed by atoms with van der Waals surface area (Å²) >= 11 is 0. The molecule has 1 saturated heterocycles. The van der Waals surface area contributed by atoms with Crippen molar-refractivity contribution in [1.29, 1.82) is 0 Å². The van der Waals surface area contributed by atoms with Gasteiger partial charge in [0.25, 0.3) is 0 Å². The van der Waals surface area contributed by atoms with E-state index in [0.29, 0.717) is 17.9 Å². The number of urea groups is 1. The van der Waals surface area contributed by atoms with Gasteiger partial charge in [-0.2, -0.15) is 0 Å². The Balaban J connectivity index is 1.95. The van der Waals surface area contributed by atoms with Crippen LogP contribution in [0.1, 0.15) is 45.2 Å². The van der Waals surface area contributed by atoms with Crippen LogP contribution < -0.4 is 15.5 Å². The first-order valence-electron chi connectivity index (χ1n) is 9.34. The monoisotopic (exact) mass is 357 g/mol. The maximum absolute atomic E-state index is 12.6. The molecule has 6 nitrogen and oxygen atoms in total. The standard InChI is InChI=1S/C20H27N3O3/c1-4-26-19(24)16-17(13(2)3)21-20(25)22-18(16)14-7-9-15(10-8-14)23-11-5-6-12-23/h7-10,13,18H,4-6,11-12H2,1-3H3,(H2,21,22,25). The van der Waals surface area contributed by atoms with Gasteiger partial charge in [0.05, 0.1) is 18.2 Å². The van der Waals surface area contributed by atoms with Crippen LogP contribution in [0.5, 0.6) is 0 Å². The van der Waals surface area contributed by atoms with Crippen molar-refractivity contribution in [3.63, 3.8) is 0 Å². The Kier molecular flexibility index (Phi) is 5.49. The summed E-state index contributed by atoms with van der Waals surface area (Å²) in [5.74, 6) is -0.385. The average Bonchev–Trinajstić information content (AvgIpc) is 3.16. The van der Waals surface area contributed by atoms with Gasteiger partial charge in [-0.1, -0.05) is 26.0 Å². The van der Waals surface area contributed by atoms with Crippen LogP contribution in [-0.4, -0.2) is 31.7 Å². The Hall–Kier alpha value is -2.50. The van der Waals surface area contributed by atoms with Crippen LogP contribution in [0.4, 0.5) is 10.5 Å². The molecule has 3 rings (SSSR count). The minimum absolute atomic E-state index is 0.00632. The second-order valence-electron chi connectivity index (χ2n) is 7.02. The Labute approximate surface area is 154 Å².